The van der Waals surface area contributed by atoms with Gasteiger partial charge in [-0.1, -0.05) is 11.6 Å². The zero-order valence-electron chi connectivity index (χ0n) is 13.4. The minimum atomic E-state index is 0.0615. The van der Waals surface area contributed by atoms with Gasteiger partial charge in [0.25, 0.3) is 5.91 Å². The van der Waals surface area contributed by atoms with Crippen LogP contribution >= 0.6 is 22.9 Å². The quantitative estimate of drug-likeness (QED) is 0.809. The Labute approximate surface area is 145 Å². The molecular weight excluding hydrogens is 330 g/mol. The second-order valence-electron chi connectivity index (χ2n) is 5.88. The fourth-order valence-corrected chi connectivity index (χ4v) is 4.43. The lowest BCUT2D eigenvalue weighted by Crippen LogP contribution is -2.25. The predicted octanol–water partition coefficient (Wildman–Crippen LogP) is 4.56. The largest absolute Gasteiger partial charge is 0.496 e. The molecule has 1 aliphatic rings. The average Bonchev–Trinajstić information content (AvgIpc) is 2.98. The van der Waals surface area contributed by atoms with Gasteiger partial charge in [-0.15, -0.1) is 11.3 Å². The molecule has 1 aliphatic carbocycles. The third-order valence-corrected chi connectivity index (χ3v) is 5.66. The summed E-state index contributed by atoms with van der Waals surface area (Å²) in [6.07, 6.45) is 4.67. The van der Waals surface area contributed by atoms with Gasteiger partial charge in [0.2, 0.25) is 0 Å². The molecule has 122 valence electrons. The number of rotatable bonds is 4. The molecule has 0 atom stereocenters. The van der Waals surface area contributed by atoms with Crippen LogP contribution in [0.4, 0.5) is 0 Å². The summed E-state index contributed by atoms with van der Waals surface area (Å²) in [6.45, 7) is 0.477. The number of hydrogen-bond donors (Lipinski definition) is 0. The maximum atomic E-state index is 12.7. The number of carbonyl (C=O) groups is 1. The van der Waals surface area contributed by atoms with Crippen LogP contribution in [-0.4, -0.2) is 25.0 Å². The van der Waals surface area contributed by atoms with Crippen LogP contribution in [-0.2, 0) is 19.4 Å². The highest BCUT2D eigenvalue weighted by Crippen LogP contribution is 2.31. The number of amides is 1. The molecule has 1 heterocycles. The normalized spacial score (nSPS) is 13.5. The number of hydrogen-bond acceptors (Lipinski definition) is 3. The van der Waals surface area contributed by atoms with Gasteiger partial charge in [0.05, 0.1) is 12.0 Å². The van der Waals surface area contributed by atoms with Gasteiger partial charge in [-0.05, 0) is 55.5 Å². The number of benzene rings is 1. The molecule has 0 unspecified atom stereocenters. The summed E-state index contributed by atoms with van der Waals surface area (Å²) in [5.41, 5.74) is 2.27. The number of methoxy groups -OCH3 is 1. The molecule has 23 heavy (non-hydrogen) atoms. The fourth-order valence-electron chi connectivity index (χ4n) is 2.98. The minimum absolute atomic E-state index is 0.0615. The molecule has 1 aromatic carbocycles. The first kappa shape index (κ1) is 16.3. The smallest absolute Gasteiger partial charge is 0.263 e. The molecule has 1 aromatic heterocycles. The van der Waals surface area contributed by atoms with Gasteiger partial charge in [0.15, 0.2) is 0 Å². The molecule has 0 radical (unpaired) electrons. The number of aryl methyl sites for hydroxylation is 2. The zero-order valence-corrected chi connectivity index (χ0v) is 15.0. The summed E-state index contributed by atoms with van der Waals surface area (Å²) in [5.74, 6) is 0.811. The summed E-state index contributed by atoms with van der Waals surface area (Å²) in [5, 5.41) is 0.647. The van der Waals surface area contributed by atoms with Crippen molar-refractivity contribution in [2.24, 2.45) is 0 Å². The van der Waals surface area contributed by atoms with E-state index >= 15 is 0 Å². The van der Waals surface area contributed by atoms with E-state index in [-0.39, 0.29) is 5.91 Å². The molecule has 0 fully saturated rings. The van der Waals surface area contributed by atoms with Crippen LogP contribution in [0.15, 0.2) is 24.3 Å². The van der Waals surface area contributed by atoms with Gasteiger partial charge in [-0.3, -0.25) is 4.79 Å². The number of fused-ring (bicyclic) bond motifs is 1. The van der Waals surface area contributed by atoms with E-state index in [4.69, 9.17) is 16.3 Å². The summed E-state index contributed by atoms with van der Waals surface area (Å²) >= 11 is 7.71. The SMILES string of the molecule is COc1ccc(Cl)cc1CN(C)C(=O)c1cc2c(s1)CCCC2. The van der Waals surface area contributed by atoms with E-state index in [0.29, 0.717) is 11.6 Å². The first-order valence-corrected chi connectivity index (χ1v) is 8.97. The predicted molar refractivity (Wildman–Crippen MR) is 94.8 cm³/mol. The lowest BCUT2D eigenvalue weighted by atomic mass is 9.99. The van der Waals surface area contributed by atoms with Crippen LogP contribution < -0.4 is 4.74 Å². The molecule has 0 saturated heterocycles. The Morgan fingerprint density at radius 3 is 2.83 bits per heavy atom. The zero-order chi connectivity index (χ0) is 16.4. The van der Waals surface area contributed by atoms with E-state index in [2.05, 4.69) is 6.07 Å². The molecule has 0 aliphatic heterocycles. The Morgan fingerprint density at radius 2 is 2.09 bits per heavy atom. The molecule has 0 saturated carbocycles. The van der Waals surface area contributed by atoms with Gasteiger partial charge in [0, 0.05) is 29.1 Å². The van der Waals surface area contributed by atoms with Gasteiger partial charge in [-0.25, -0.2) is 0 Å². The van der Waals surface area contributed by atoms with Crippen molar-refractivity contribution in [1.29, 1.82) is 0 Å². The summed E-state index contributed by atoms with van der Waals surface area (Å²) in [7, 11) is 3.45. The third-order valence-electron chi connectivity index (χ3n) is 4.20. The van der Waals surface area contributed by atoms with Crippen LogP contribution in [0.3, 0.4) is 0 Å². The summed E-state index contributed by atoms with van der Waals surface area (Å²) < 4.78 is 5.36. The Kier molecular flexibility index (Phi) is 4.93. The molecular formula is C18H20ClNO2S. The number of ether oxygens (including phenoxy) is 1. The van der Waals surface area contributed by atoms with E-state index in [1.807, 2.05) is 19.2 Å². The van der Waals surface area contributed by atoms with E-state index in [9.17, 15) is 4.79 Å². The number of nitrogens with zero attached hydrogens (tertiary/aromatic N) is 1. The monoisotopic (exact) mass is 349 g/mol. The van der Waals surface area contributed by atoms with Crippen LogP contribution in [0.25, 0.3) is 0 Å². The van der Waals surface area contributed by atoms with E-state index in [1.54, 1.807) is 29.4 Å². The summed E-state index contributed by atoms with van der Waals surface area (Å²) in [4.78, 5) is 16.7. The minimum Gasteiger partial charge on any atom is -0.496 e. The van der Waals surface area contributed by atoms with Crippen LogP contribution in [0.5, 0.6) is 5.75 Å². The van der Waals surface area contributed by atoms with Gasteiger partial charge in [-0.2, -0.15) is 0 Å². The van der Waals surface area contributed by atoms with Crippen molar-refractivity contribution >= 4 is 28.8 Å². The second-order valence-corrected chi connectivity index (χ2v) is 7.46. The molecule has 0 N–H and O–H groups in total. The Morgan fingerprint density at radius 1 is 1.30 bits per heavy atom. The number of thiophene rings is 1. The Balaban J connectivity index is 1.77. The average molecular weight is 350 g/mol. The van der Waals surface area contributed by atoms with Gasteiger partial charge < -0.3 is 9.64 Å². The van der Waals surface area contributed by atoms with Crippen molar-refractivity contribution in [3.05, 3.63) is 50.2 Å². The highest BCUT2D eigenvalue weighted by atomic mass is 35.5. The first-order chi connectivity index (χ1) is 11.1. The Bertz CT molecular complexity index is 702. The molecule has 0 bridgehead atoms. The summed E-state index contributed by atoms with van der Waals surface area (Å²) in [6, 6.07) is 7.55. The molecule has 2 aromatic rings. The van der Waals surface area contributed by atoms with E-state index in [0.717, 1.165) is 29.0 Å². The number of halogens is 1. The maximum absolute atomic E-state index is 12.7. The van der Waals surface area contributed by atoms with Crippen molar-refractivity contribution < 1.29 is 9.53 Å². The molecule has 5 heteroatoms. The van der Waals surface area contributed by atoms with Crippen molar-refractivity contribution in [2.45, 2.75) is 32.2 Å². The van der Waals surface area contributed by atoms with E-state index < -0.39 is 0 Å². The molecule has 1 amide bonds. The van der Waals surface area contributed by atoms with Crippen molar-refractivity contribution in [3.8, 4) is 5.75 Å². The molecule has 0 spiro atoms. The first-order valence-electron chi connectivity index (χ1n) is 7.78. The van der Waals surface area contributed by atoms with Crippen molar-refractivity contribution in [1.82, 2.24) is 4.90 Å². The highest BCUT2D eigenvalue weighted by Gasteiger charge is 2.20. The van der Waals surface area contributed by atoms with Crippen LogP contribution in [0, 0.1) is 0 Å². The number of carbonyl (C=O) groups excluding carboxylic acids is 1. The van der Waals surface area contributed by atoms with Crippen LogP contribution in [0.2, 0.25) is 5.02 Å². The molecule has 3 rings (SSSR count). The Hall–Kier alpha value is -1.52. The standard InChI is InChI=1S/C18H20ClNO2S/c1-20(11-13-9-14(19)7-8-15(13)22-2)18(21)17-10-12-5-3-4-6-16(12)23-17/h7-10H,3-6,11H2,1-2H3. The van der Waals surface area contributed by atoms with Crippen LogP contribution in [0.1, 0.15) is 38.5 Å². The van der Waals surface area contributed by atoms with Crippen molar-refractivity contribution in [2.75, 3.05) is 14.2 Å². The highest BCUT2D eigenvalue weighted by molar-refractivity contribution is 7.14. The van der Waals surface area contributed by atoms with Gasteiger partial charge >= 0.3 is 0 Å². The maximum Gasteiger partial charge on any atom is 0.263 e. The fraction of sp³-hybridized carbons (Fsp3) is 0.389. The van der Waals surface area contributed by atoms with Gasteiger partial charge in [0.1, 0.15) is 5.75 Å². The van der Waals surface area contributed by atoms with E-state index in [1.165, 1.54) is 23.3 Å². The topological polar surface area (TPSA) is 29.5 Å². The lowest BCUT2D eigenvalue weighted by Gasteiger charge is -2.18. The molecule has 3 nitrogen and oxygen atoms in total. The third kappa shape index (κ3) is 3.54. The lowest BCUT2D eigenvalue weighted by molar-refractivity contribution is 0.0789. The second kappa shape index (κ2) is 6.93. The van der Waals surface area contributed by atoms with Crippen molar-refractivity contribution in [3.63, 3.8) is 0 Å².